The van der Waals surface area contributed by atoms with E-state index in [2.05, 4.69) is 26.6 Å². The number of nitrogens with two attached hydrogens (primary N) is 2. The molecule has 0 aromatic heterocycles. The number of nitrogens with one attached hydrogen (secondary N) is 5. The first-order valence-corrected chi connectivity index (χ1v) is 16.9. The van der Waals surface area contributed by atoms with E-state index in [0.717, 1.165) is 5.56 Å². The van der Waals surface area contributed by atoms with Crippen LogP contribution in [0.1, 0.15) is 51.2 Å². The van der Waals surface area contributed by atoms with Crippen LogP contribution in [0.5, 0.6) is 5.75 Å². The molecular weight excluding hydrogens is 678 g/mol. The van der Waals surface area contributed by atoms with Crippen LogP contribution in [0, 0.1) is 0 Å². The van der Waals surface area contributed by atoms with Gasteiger partial charge in [0.2, 0.25) is 29.5 Å². The minimum Gasteiger partial charge on any atom is -0.508 e. The second-order valence-electron chi connectivity index (χ2n) is 12.6. The maximum absolute atomic E-state index is 13.6. The number of rotatable bonds is 21. The lowest BCUT2D eigenvalue weighted by atomic mass is 10.0. The molecular formula is C35H51N7O10. The summed E-state index contributed by atoms with van der Waals surface area (Å²) in [5, 5.41) is 51.4. The minimum atomic E-state index is -1.64. The van der Waals surface area contributed by atoms with Crippen LogP contribution in [0.3, 0.4) is 0 Å². The average Bonchev–Trinajstić information content (AvgIpc) is 3.09. The second kappa shape index (κ2) is 21.3. The van der Waals surface area contributed by atoms with Crippen molar-refractivity contribution in [3.8, 4) is 5.75 Å². The maximum atomic E-state index is 13.6. The monoisotopic (exact) mass is 729 g/mol. The molecule has 5 amide bonds. The Labute approximate surface area is 301 Å². The normalized spacial score (nSPS) is 15.7. The highest BCUT2D eigenvalue weighted by atomic mass is 16.4. The third-order valence-corrected chi connectivity index (χ3v) is 8.09. The fourth-order valence-corrected chi connectivity index (χ4v) is 5.05. The van der Waals surface area contributed by atoms with Gasteiger partial charge >= 0.3 is 5.97 Å². The number of carbonyl (C=O) groups excluding carboxylic acids is 5. The van der Waals surface area contributed by atoms with Crippen LogP contribution < -0.4 is 38.1 Å². The Bertz CT molecular complexity index is 1490. The molecule has 17 heteroatoms. The van der Waals surface area contributed by atoms with Crippen LogP contribution >= 0.6 is 0 Å². The first-order chi connectivity index (χ1) is 24.5. The van der Waals surface area contributed by atoms with E-state index in [0.29, 0.717) is 24.9 Å². The SMILES string of the molecule is C[C@H](NC(=O)[C@@H](NC(=O)[C@H](Cc1ccc(O)cc1)NC(=O)[C@@H](N)Cc1ccccc1)[C@@H](C)O)C(=O)N[C@@H](CCCCN)C(=O)N[C@H](C(=O)O)[C@@H](C)O. The number of aliphatic hydroxyl groups is 2. The predicted octanol–water partition coefficient (Wildman–Crippen LogP) is -2.08. The Morgan fingerprint density at radius 2 is 1.17 bits per heavy atom. The third-order valence-electron chi connectivity index (χ3n) is 8.09. The van der Waals surface area contributed by atoms with E-state index in [1.807, 2.05) is 6.07 Å². The maximum Gasteiger partial charge on any atom is 0.328 e. The number of benzene rings is 2. The zero-order valence-electron chi connectivity index (χ0n) is 29.5. The van der Waals surface area contributed by atoms with Crippen molar-refractivity contribution >= 4 is 35.5 Å². The van der Waals surface area contributed by atoms with Gasteiger partial charge in [0, 0.05) is 6.42 Å². The number of amides is 5. The number of carboxylic acid groups (broad SMARTS) is 1. The van der Waals surface area contributed by atoms with Gasteiger partial charge in [-0.2, -0.15) is 0 Å². The van der Waals surface area contributed by atoms with Crippen molar-refractivity contribution < 1.29 is 49.2 Å². The summed E-state index contributed by atoms with van der Waals surface area (Å²) in [6.07, 6.45) is -1.87. The number of aliphatic carboxylic acids is 1. The second-order valence-corrected chi connectivity index (χ2v) is 12.6. The molecule has 0 fully saturated rings. The zero-order valence-corrected chi connectivity index (χ0v) is 29.5. The van der Waals surface area contributed by atoms with E-state index in [9.17, 15) is 49.2 Å². The van der Waals surface area contributed by atoms with Gasteiger partial charge in [0.15, 0.2) is 6.04 Å². The van der Waals surface area contributed by atoms with Gasteiger partial charge < -0.3 is 58.5 Å². The van der Waals surface area contributed by atoms with Crippen molar-refractivity contribution in [3.05, 3.63) is 65.7 Å². The van der Waals surface area contributed by atoms with Gasteiger partial charge in [0.05, 0.1) is 18.2 Å². The first-order valence-electron chi connectivity index (χ1n) is 16.9. The standard InChI is InChI=1S/C35H51N7O10/c1-19(30(46)39-26(11-7-8-16-36)32(48)42-29(21(3)44)35(51)52)38-34(50)28(20(2)43)41-33(49)27(18-23-12-14-24(45)15-13-23)40-31(47)25(37)17-22-9-5-4-6-10-22/h4-6,9-10,12-15,19-21,25-29,43-45H,7-8,11,16-18,36-37H2,1-3H3,(H,38,50)(H,39,46)(H,40,47)(H,41,49)(H,42,48)(H,51,52)/t19-,20+,21+,25-,26-,27-,28-,29-/m0/s1. The average molecular weight is 730 g/mol. The van der Waals surface area contributed by atoms with Gasteiger partial charge in [-0.3, -0.25) is 24.0 Å². The number of carbonyl (C=O) groups is 6. The summed E-state index contributed by atoms with van der Waals surface area (Å²) in [4.78, 5) is 77.6. The van der Waals surface area contributed by atoms with E-state index in [1.165, 1.54) is 32.9 Å². The van der Waals surface area contributed by atoms with E-state index in [1.54, 1.807) is 36.4 Å². The largest absolute Gasteiger partial charge is 0.508 e. The van der Waals surface area contributed by atoms with Crippen molar-refractivity contribution in [1.82, 2.24) is 26.6 Å². The van der Waals surface area contributed by atoms with Crippen LogP contribution in [0.25, 0.3) is 0 Å². The van der Waals surface area contributed by atoms with Gasteiger partial charge in [-0.15, -0.1) is 0 Å². The molecule has 0 radical (unpaired) electrons. The van der Waals surface area contributed by atoms with Crippen molar-refractivity contribution in [1.29, 1.82) is 0 Å². The lowest BCUT2D eigenvalue weighted by molar-refractivity contribution is -0.145. The molecule has 52 heavy (non-hydrogen) atoms. The summed E-state index contributed by atoms with van der Waals surface area (Å²) in [7, 11) is 0. The molecule has 17 nitrogen and oxygen atoms in total. The van der Waals surface area contributed by atoms with Crippen LogP contribution in [-0.2, 0) is 41.6 Å². The van der Waals surface area contributed by atoms with Crippen LogP contribution in [0.15, 0.2) is 54.6 Å². The lowest BCUT2D eigenvalue weighted by Crippen LogP contribution is -2.61. The summed E-state index contributed by atoms with van der Waals surface area (Å²) in [5.74, 6) is -5.70. The number of hydrogen-bond acceptors (Lipinski definition) is 11. The van der Waals surface area contributed by atoms with Crippen molar-refractivity contribution in [2.24, 2.45) is 11.5 Å². The topological polar surface area (TPSA) is 296 Å². The highest BCUT2D eigenvalue weighted by Crippen LogP contribution is 2.13. The van der Waals surface area contributed by atoms with E-state index in [4.69, 9.17) is 11.5 Å². The molecule has 2 rings (SSSR count). The Kier molecular flexibility index (Phi) is 17.6. The quantitative estimate of drug-likeness (QED) is 0.0618. The molecule has 0 aliphatic rings. The van der Waals surface area contributed by atoms with Gasteiger partial charge in [-0.05, 0) is 76.3 Å². The van der Waals surface area contributed by atoms with Crippen molar-refractivity contribution in [3.63, 3.8) is 0 Å². The molecule has 2 aromatic carbocycles. The molecule has 0 aliphatic heterocycles. The molecule has 0 saturated carbocycles. The molecule has 0 spiro atoms. The molecule has 8 atom stereocenters. The van der Waals surface area contributed by atoms with E-state index >= 15 is 0 Å². The highest BCUT2D eigenvalue weighted by molar-refractivity contribution is 5.96. The number of aliphatic hydroxyl groups excluding tert-OH is 2. The zero-order chi connectivity index (χ0) is 39.0. The molecule has 0 heterocycles. The molecule has 0 unspecified atom stereocenters. The third kappa shape index (κ3) is 14.3. The molecule has 13 N–H and O–H groups in total. The number of aromatic hydroxyl groups is 1. The Morgan fingerprint density at radius 1 is 0.635 bits per heavy atom. The summed E-state index contributed by atoms with van der Waals surface area (Å²) in [6, 6.07) is 6.75. The van der Waals surface area contributed by atoms with Crippen molar-refractivity contribution in [2.45, 2.75) is 101 Å². The molecule has 0 saturated heterocycles. The fraction of sp³-hybridized carbons (Fsp3) is 0.486. The fourth-order valence-electron chi connectivity index (χ4n) is 5.05. The highest BCUT2D eigenvalue weighted by Gasteiger charge is 2.34. The van der Waals surface area contributed by atoms with Crippen LogP contribution in [0.2, 0.25) is 0 Å². The van der Waals surface area contributed by atoms with Crippen LogP contribution in [0.4, 0.5) is 0 Å². The predicted molar refractivity (Wildman–Crippen MR) is 189 cm³/mol. The van der Waals surface area contributed by atoms with Gasteiger partial charge in [0.1, 0.15) is 29.9 Å². The first kappa shape index (κ1) is 43.1. The van der Waals surface area contributed by atoms with Crippen LogP contribution in [-0.4, -0.2) is 111 Å². The van der Waals surface area contributed by atoms with Gasteiger partial charge in [-0.1, -0.05) is 42.5 Å². The Balaban J connectivity index is 2.18. The molecule has 2 aromatic rings. The minimum absolute atomic E-state index is 0.0191. The summed E-state index contributed by atoms with van der Waals surface area (Å²) >= 11 is 0. The number of phenols is 1. The summed E-state index contributed by atoms with van der Waals surface area (Å²) in [6.45, 7) is 4.01. The van der Waals surface area contributed by atoms with Gasteiger partial charge in [0.25, 0.3) is 0 Å². The van der Waals surface area contributed by atoms with Crippen molar-refractivity contribution in [2.75, 3.05) is 6.54 Å². The summed E-state index contributed by atoms with van der Waals surface area (Å²) in [5.41, 5.74) is 13.0. The molecule has 0 aliphatic carbocycles. The van der Waals surface area contributed by atoms with Gasteiger partial charge in [-0.25, -0.2) is 4.79 Å². The Morgan fingerprint density at radius 3 is 1.73 bits per heavy atom. The smallest absolute Gasteiger partial charge is 0.328 e. The van der Waals surface area contributed by atoms with E-state index in [-0.39, 0.29) is 25.0 Å². The Hall–Kier alpha value is -5.10. The number of phenolic OH excluding ortho intramolecular Hbond substituents is 1. The number of carboxylic acids is 1. The molecule has 0 bridgehead atoms. The molecule has 286 valence electrons. The summed E-state index contributed by atoms with van der Waals surface area (Å²) < 4.78 is 0. The lowest BCUT2D eigenvalue weighted by Gasteiger charge is -2.27. The number of hydrogen-bond donors (Lipinski definition) is 11. The number of unbranched alkanes of at least 4 members (excludes halogenated alkanes) is 1. The van der Waals surface area contributed by atoms with E-state index < -0.39 is 84.0 Å².